The third-order valence-corrected chi connectivity index (χ3v) is 2.83. The van der Waals surface area contributed by atoms with E-state index in [9.17, 15) is 4.79 Å². The van der Waals surface area contributed by atoms with Crippen LogP contribution in [0.5, 0.6) is 0 Å². The Morgan fingerprint density at radius 2 is 2.32 bits per heavy atom. The third-order valence-electron chi connectivity index (χ3n) is 2.83. The normalized spacial score (nSPS) is 10.4. The van der Waals surface area contributed by atoms with Gasteiger partial charge in [-0.05, 0) is 31.0 Å². The first-order valence-electron chi connectivity index (χ1n) is 6.16. The maximum Gasteiger partial charge on any atom is 0.338 e. The van der Waals surface area contributed by atoms with E-state index >= 15 is 0 Å². The highest BCUT2D eigenvalue weighted by Crippen LogP contribution is 2.13. The summed E-state index contributed by atoms with van der Waals surface area (Å²) in [4.78, 5) is 15.8. The van der Waals surface area contributed by atoms with Gasteiger partial charge in [0.05, 0.1) is 18.5 Å². The molecule has 2 rings (SSSR count). The van der Waals surface area contributed by atoms with Crippen LogP contribution >= 0.6 is 0 Å². The van der Waals surface area contributed by atoms with Crippen LogP contribution in [-0.4, -0.2) is 22.1 Å². The smallest absolute Gasteiger partial charge is 0.338 e. The number of ether oxygens (including phenoxy) is 1. The molecular formula is C14H17N3O2. The molecule has 19 heavy (non-hydrogen) atoms. The van der Waals surface area contributed by atoms with E-state index < -0.39 is 0 Å². The standard InChI is InChI=1S/C14H17N3O2/c1-11-3-4-12(15)9-13(11)14(18)19-8-2-6-17-7-5-16-10-17/h3-5,7,9-10H,2,6,8,15H2,1H3. The predicted molar refractivity (Wildman–Crippen MR) is 72.7 cm³/mol. The van der Waals surface area contributed by atoms with Gasteiger partial charge in [-0.1, -0.05) is 6.07 Å². The minimum atomic E-state index is -0.324. The summed E-state index contributed by atoms with van der Waals surface area (Å²) in [5.74, 6) is -0.324. The number of imidazole rings is 1. The van der Waals surface area contributed by atoms with Gasteiger partial charge >= 0.3 is 5.97 Å². The summed E-state index contributed by atoms with van der Waals surface area (Å²) in [6.45, 7) is 3.02. The zero-order valence-electron chi connectivity index (χ0n) is 10.9. The molecule has 100 valence electrons. The summed E-state index contributed by atoms with van der Waals surface area (Å²) >= 11 is 0. The number of hydrogen-bond donors (Lipinski definition) is 1. The van der Waals surface area contributed by atoms with Gasteiger partial charge in [-0.25, -0.2) is 9.78 Å². The van der Waals surface area contributed by atoms with E-state index in [1.54, 1.807) is 24.7 Å². The minimum absolute atomic E-state index is 0.324. The molecule has 2 aromatic rings. The number of hydrogen-bond acceptors (Lipinski definition) is 4. The number of benzene rings is 1. The molecule has 5 heteroatoms. The summed E-state index contributed by atoms with van der Waals surface area (Å²) in [6, 6.07) is 5.23. The average molecular weight is 259 g/mol. The number of carbonyl (C=O) groups excluding carboxylic acids is 1. The van der Waals surface area contributed by atoms with Crippen molar-refractivity contribution in [3.8, 4) is 0 Å². The molecule has 0 saturated heterocycles. The van der Waals surface area contributed by atoms with Crippen molar-refractivity contribution in [2.45, 2.75) is 19.9 Å². The van der Waals surface area contributed by atoms with Crippen LogP contribution in [0.3, 0.4) is 0 Å². The molecule has 0 fully saturated rings. The molecule has 0 bridgehead atoms. The Labute approximate surface area is 112 Å². The zero-order valence-corrected chi connectivity index (χ0v) is 10.9. The van der Waals surface area contributed by atoms with Gasteiger partial charge in [-0.2, -0.15) is 0 Å². The molecule has 2 N–H and O–H groups in total. The predicted octanol–water partition coefficient (Wildman–Crippen LogP) is 2.02. The fourth-order valence-corrected chi connectivity index (χ4v) is 1.77. The Bertz CT molecular complexity index is 550. The van der Waals surface area contributed by atoms with Crippen molar-refractivity contribution in [1.82, 2.24) is 9.55 Å². The van der Waals surface area contributed by atoms with Gasteiger partial charge in [0.15, 0.2) is 0 Å². The lowest BCUT2D eigenvalue weighted by Gasteiger charge is -2.08. The van der Waals surface area contributed by atoms with Gasteiger partial charge in [0, 0.05) is 24.6 Å². The molecule has 5 nitrogen and oxygen atoms in total. The van der Waals surface area contributed by atoms with Crippen molar-refractivity contribution < 1.29 is 9.53 Å². The van der Waals surface area contributed by atoms with Crippen LogP contribution in [0.2, 0.25) is 0 Å². The average Bonchev–Trinajstić information content (AvgIpc) is 2.90. The monoisotopic (exact) mass is 259 g/mol. The van der Waals surface area contributed by atoms with Crippen molar-refractivity contribution in [2.24, 2.45) is 0 Å². The summed E-state index contributed by atoms with van der Waals surface area (Å²) in [7, 11) is 0. The van der Waals surface area contributed by atoms with E-state index in [0.29, 0.717) is 17.9 Å². The van der Waals surface area contributed by atoms with Gasteiger partial charge in [-0.3, -0.25) is 0 Å². The first-order chi connectivity index (χ1) is 9.16. The van der Waals surface area contributed by atoms with Gasteiger partial charge in [-0.15, -0.1) is 0 Å². The van der Waals surface area contributed by atoms with Gasteiger partial charge in [0.2, 0.25) is 0 Å². The van der Waals surface area contributed by atoms with Crippen LogP contribution in [0.1, 0.15) is 22.3 Å². The van der Waals surface area contributed by atoms with Crippen molar-refractivity contribution >= 4 is 11.7 Å². The third kappa shape index (κ3) is 3.58. The van der Waals surface area contributed by atoms with E-state index in [1.807, 2.05) is 23.8 Å². The Hall–Kier alpha value is -2.30. The van der Waals surface area contributed by atoms with Crippen LogP contribution < -0.4 is 5.73 Å². The number of nitrogens with zero attached hydrogens (tertiary/aromatic N) is 2. The summed E-state index contributed by atoms with van der Waals surface area (Å²) in [5, 5.41) is 0. The number of anilines is 1. The summed E-state index contributed by atoms with van der Waals surface area (Å²) in [6.07, 6.45) is 6.10. The first-order valence-corrected chi connectivity index (χ1v) is 6.16. The molecule has 1 aromatic carbocycles. The highest BCUT2D eigenvalue weighted by atomic mass is 16.5. The number of carbonyl (C=O) groups is 1. The second kappa shape index (κ2) is 6.04. The summed E-state index contributed by atoms with van der Waals surface area (Å²) < 4.78 is 7.18. The molecule has 0 amide bonds. The number of nitrogen functional groups attached to an aromatic ring is 1. The van der Waals surface area contributed by atoms with E-state index in [-0.39, 0.29) is 5.97 Å². The number of esters is 1. The molecule has 0 aliphatic rings. The second-order valence-electron chi connectivity index (χ2n) is 4.36. The number of rotatable bonds is 5. The molecule has 0 aliphatic heterocycles. The van der Waals surface area contributed by atoms with Crippen molar-refractivity contribution in [1.29, 1.82) is 0 Å². The lowest BCUT2D eigenvalue weighted by Crippen LogP contribution is -2.10. The number of nitrogens with two attached hydrogens (primary N) is 1. The lowest BCUT2D eigenvalue weighted by molar-refractivity contribution is 0.0495. The quantitative estimate of drug-likeness (QED) is 0.506. The largest absolute Gasteiger partial charge is 0.462 e. The molecule has 0 spiro atoms. The van der Waals surface area contributed by atoms with Crippen LogP contribution in [0, 0.1) is 6.92 Å². The molecule has 1 heterocycles. The minimum Gasteiger partial charge on any atom is -0.462 e. The van der Waals surface area contributed by atoms with Gasteiger partial charge < -0.3 is 15.0 Å². The van der Waals surface area contributed by atoms with Crippen molar-refractivity contribution in [2.75, 3.05) is 12.3 Å². The maximum atomic E-state index is 11.9. The second-order valence-corrected chi connectivity index (χ2v) is 4.36. The van der Waals surface area contributed by atoms with E-state index in [0.717, 1.165) is 18.5 Å². The number of aryl methyl sites for hydroxylation is 2. The Morgan fingerprint density at radius 3 is 3.05 bits per heavy atom. The molecule has 0 saturated carbocycles. The Balaban J connectivity index is 1.82. The number of aromatic nitrogens is 2. The molecule has 0 radical (unpaired) electrons. The highest BCUT2D eigenvalue weighted by molar-refractivity contribution is 5.92. The van der Waals surface area contributed by atoms with Gasteiger partial charge in [0.1, 0.15) is 0 Å². The fraction of sp³-hybridized carbons (Fsp3) is 0.286. The SMILES string of the molecule is Cc1ccc(N)cc1C(=O)OCCCn1ccnc1. The van der Waals surface area contributed by atoms with Crippen molar-refractivity contribution in [3.63, 3.8) is 0 Å². The molecule has 0 unspecified atom stereocenters. The van der Waals surface area contributed by atoms with Crippen LogP contribution in [-0.2, 0) is 11.3 Å². The van der Waals surface area contributed by atoms with Crippen molar-refractivity contribution in [3.05, 3.63) is 48.0 Å². The van der Waals surface area contributed by atoms with Crippen LogP contribution in [0.4, 0.5) is 5.69 Å². The van der Waals surface area contributed by atoms with Gasteiger partial charge in [0.25, 0.3) is 0 Å². The topological polar surface area (TPSA) is 70.1 Å². The van der Waals surface area contributed by atoms with E-state index in [1.165, 1.54) is 0 Å². The van der Waals surface area contributed by atoms with Crippen LogP contribution in [0.15, 0.2) is 36.9 Å². The molecule has 1 aromatic heterocycles. The molecular weight excluding hydrogens is 242 g/mol. The Kier molecular flexibility index (Phi) is 4.18. The zero-order chi connectivity index (χ0) is 13.7. The maximum absolute atomic E-state index is 11.9. The first kappa shape index (κ1) is 13.1. The fourth-order valence-electron chi connectivity index (χ4n) is 1.77. The highest BCUT2D eigenvalue weighted by Gasteiger charge is 2.10. The van der Waals surface area contributed by atoms with E-state index in [2.05, 4.69) is 4.98 Å². The molecule has 0 aliphatic carbocycles. The Morgan fingerprint density at radius 1 is 1.47 bits per heavy atom. The van der Waals surface area contributed by atoms with Crippen LogP contribution in [0.25, 0.3) is 0 Å². The lowest BCUT2D eigenvalue weighted by atomic mass is 10.1. The summed E-state index contributed by atoms with van der Waals surface area (Å²) in [5.41, 5.74) is 7.63. The van der Waals surface area contributed by atoms with E-state index in [4.69, 9.17) is 10.5 Å². The molecule has 0 atom stereocenters.